The Kier molecular flexibility index (Phi) is 5.86. The topological polar surface area (TPSA) is 48.4 Å². The zero-order chi connectivity index (χ0) is 17.8. The van der Waals surface area contributed by atoms with Gasteiger partial charge in [-0.15, -0.1) is 0 Å². The molecule has 0 N–H and O–H groups in total. The van der Waals surface area contributed by atoms with Gasteiger partial charge in [0.2, 0.25) is 5.95 Å². The molecule has 0 radical (unpaired) electrons. The summed E-state index contributed by atoms with van der Waals surface area (Å²) in [7, 11) is 6.06. The number of rotatable bonds is 5. The van der Waals surface area contributed by atoms with Crippen LogP contribution in [-0.2, 0) is 6.54 Å². The van der Waals surface area contributed by atoms with Crippen LogP contribution in [0.3, 0.4) is 0 Å². The molecule has 0 saturated carbocycles. The second-order valence-electron chi connectivity index (χ2n) is 6.72. The molecule has 1 atom stereocenters. The Bertz CT molecular complexity index is 690. The summed E-state index contributed by atoms with van der Waals surface area (Å²) in [6.07, 6.45) is 6.08. The SMILES string of the molecule is CN(C)c1nccc(N(C)C2CCCN(Cc3ccc(Br)cn3)C2)n1. The maximum absolute atomic E-state index is 4.67. The van der Waals surface area contributed by atoms with Gasteiger partial charge in [-0.1, -0.05) is 0 Å². The number of hydrogen-bond donors (Lipinski definition) is 0. The highest BCUT2D eigenvalue weighted by Gasteiger charge is 2.24. The quantitative estimate of drug-likeness (QED) is 0.763. The highest BCUT2D eigenvalue weighted by molar-refractivity contribution is 9.10. The minimum atomic E-state index is 0.453. The number of hydrogen-bond acceptors (Lipinski definition) is 6. The number of halogens is 1. The molecule has 3 heterocycles. The molecule has 2 aromatic rings. The van der Waals surface area contributed by atoms with Crippen LogP contribution in [0.4, 0.5) is 11.8 Å². The van der Waals surface area contributed by atoms with Crippen molar-refractivity contribution < 1.29 is 0 Å². The van der Waals surface area contributed by atoms with Gasteiger partial charge in [0.1, 0.15) is 5.82 Å². The lowest BCUT2D eigenvalue weighted by atomic mass is 10.0. The Morgan fingerprint density at radius 2 is 2.04 bits per heavy atom. The van der Waals surface area contributed by atoms with Gasteiger partial charge >= 0.3 is 0 Å². The maximum atomic E-state index is 4.67. The first-order chi connectivity index (χ1) is 12.0. The minimum Gasteiger partial charge on any atom is -0.355 e. The van der Waals surface area contributed by atoms with Crippen molar-refractivity contribution in [2.24, 2.45) is 0 Å². The summed E-state index contributed by atoms with van der Waals surface area (Å²) in [5, 5.41) is 0. The molecule has 2 aromatic heterocycles. The molecule has 1 unspecified atom stereocenters. The van der Waals surface area contributed by atoms with Crippen molar-refractivity contribution in [3.8, 4) is 0 Å². The van der Waals surface area contributed by atoms with Gasteiger partial charge in [0.05, 0.1) is 5.69 Å². The third-order valence-corrected chi connectivity index (χ3v) is 5.06. The fourth-order valence-electron chi connectivity index (χ4n) is 3.16. The van der Waals surface area contributed by atoms with Crippen LogP contribution in [0.25, 0.3) is 0 Å². The Balaban J connectivity index is 1.66. The van der Waals surface area contributed by atoms with Crippen molar-refractivity contribution in [2.45, 2.75) is 25.4 Å². The summed E-state index contributed by atoms with van der Waals surface area (Å²) in [6, 6.07) is 6.58. The van der Waals surface area contributed by atoms with Gasteiger partial charge in [-0.2, -0.15) is 4.98 Å². The summed E-state index contributed by atoms with van der Waals surface area (Å²) in [5.41, 5.74) is 1.11. The lowest BCUT2D eigenvalue weighted by molar-refractivity contribution is 0.196. The first-order valence-electron chi connectivity index (χ1n) is 8.59. The van der Waals surface area contributed by atoms with Gasteiger partial charge in [0.25, 0.3) is 0 Å². The highest BCUT2D eigenvalue weighted by atomic mass is 79.9. The Morgan fingerprint density at radius 1 is 1.20 bits per heavy atom. The van der Waals surface area contributed by atoms with Gasteiger partial charge in [-0.3, -0.25) is 9.88 Å². The number of piperidine rings is 1. The molecule has 134 valence electrons. The number of likely N-dealkylation sites (tertiary alicyclic amines) is 1. The van der Waals surface area contributed by atoms with Crippen LogP contribution in [0.2, 0.25) is 0 Å². The second kappa shape index (κ2) is 8.10. The van der Waals surface area contributed by atoms with Gasteiger partial charge in [0, 0.05) is 57.1 Å². The van der Waals surface area contributed by atoms with E-state index in [1.54, 1.807) is 0 Å². The van der Waals surface area contributed by atoms with Crippen LogP contribution in [-0.4, -0.2) is 60.1 Å². The normalized spacial score (nSPS) is 18.2. The molecular formula is C18H25BrN6. The number of anilines is 2. The Morgan fingerprint density at radius 3 is 2.76 bits per heavy atom. The van der Waals surface area contributed by atoms with Gasteiger partial charge in [0.15, 0.2) is 0 Å². The van der Waals surface area contributed by atoms with Crippen LogP contribution < -0.4 is 9.80 Å². The molecule has 1 aliphatic heterocycles. The molecule has 0 aliphatic carbocycles. The largest absolute Gasteiger partial charge is 0.355 e. The monoisotopic (exact) mass is 404 g/mol. The summed E-state index contributed by atoms with van der Waals surface area (Å²) in [6.45, 7) is 3.04. The summed E-state index contributed by atoms with van der Waals surface area (Å²) in [5.74, 6) is 1.73. The number of aromatic nitrogens is 3. The molecule has 1 saturated heterocycles. The van der Waals surface area contributed by atoms with Crippen LogP contribution in [0.15, 0.2) is 35.1 Å². The van der Waals surface area contributed by atoms with E-state index < -0.39 is 0 Å². The van der Waals surface area contributed by atoms with Crippen LogP contribution >= 0.6 is 15.9 Å². The number of pyridine rings is 1. The van der Waals surface area contributed by atoms with E-state index >= 15 is 0 Å². The van der Waals surface area contributed by atoms with E-state index in [1.165, 1.54) is 12.8 Å². The van der Waals surface area contributed by atoms with Crippen LogP contribution in [0, 0.1) is 0 Å². The van der Waals surface area contributed by atoms with Crippen LogP contribution in [0.1, 0.15) is 18.5 Å². The summed E-state index contributed by atoms with van der Waals surface area (Å²) < 4.78 is 1.02. The Labute approximate surface area is 158 Å². The zero-order valence-electron chi connectivity index (χ0n) is 15.1. The molecule has 0 amide bonds. The molecule has 1 aliphatic rings. The number of likely N-dealkylation sites (N-methyl/N-ethyl adjacent to an activating group) is 1. The van der Waals surface area contributed by atoms with Crippen LogP contribution in [0.5, 0.6) is 0 Å². The van der Waals surface area contributed by atoms with E-state index in [9.17, 15) is 0 Å². The smallest absolute Gasteiger partial charge is 0.226 e. The van der Waals surface area contributed by atoms with Crippen molar-refractivity contribution in [3.63, 3.8) is 0 Å². The third kappa shape index (κ3) is 4.67. The summed E-state index contributed by atoms with van der Waals surface area (Å²) in [4.78, 5) is 20.2. The van der Waals surface area contributed by atoms with E-state index in [0.29, 0.717) is 6.04 Å². The van der Waals surface area contributed by atoms with Crippen molar-refractivity contribution >= 4 is 27.7 Å². The fraction of sp³-hybridized carbons (Fsp3) is 0.500. The first-order valence-corrected chi connectivity index (χ1v) is 9.38. The van der Waals surface area contributed by atoms with E-state index in [1.807, 2.05) is 37.5 Å². The molecular weight excluding hydrogens is 380 g/mol. The molecule has 0 spiro atoms. The molecule has 3 rings (SSSR count). The first kappa shape index (κ1) is 18.1. The van der Waals surface area contributed by atoms with Crippen molar-refractivity contribution in [1.29, 1.82) is 0 Å². The van der Waals surface area contributed by atoms with Gasteiger partial charge in [-0.05, 0) is 53.5 Å². The maximum Gasteiger partial charge on any atom is 0.226 e. The van der Waals surface area contributed by atoms with E-state index in [-0.39, 0.29) is 0 Å². The van der Waals surface area contributed by atoms with Crippen molar-refractivity contribution in [2.75, 3.05) is 44.0 Å². The van der Waals surface area contributed by atoms with E-state index in [2.05, 4.69) is 59.9 Å². The third-order valence-electron chi connectivity index (χ3n) is 4.59. The van der Waals surface area contributed by atoms with Crippen molar-refractivity contribution in [3.05, 3.63) is 40.8 Å². The molecule has 0 aromatic carbocycles. The van der Waals surface area contributed by atoms with Gasteiger partial charge in [-0.25, -0.2) is 4.98 Å². The predicted molar refractivity (Wildman–Crippen MR) is 105 cm³/mol. The standard InChI is InChI=1S/C18H25BrN6/c1-23(2)18-20-9-8-17(22-18)24(3)16-5-4-10-25(13-16)12-15-7-6-14(19)11-21-15/h6-9,11,16H,4-5,10,12-13H2,1-3H3. The Hall–Kier alpha value is -1.73. The average molecular weight is 405 g/mol. The predicted octanol–water partition coefficient (Wildman–Crippen LogP) is 2.80. The van der Waals surface area contributed by atoms with Crippen molar-refractivity contribution in [1.82, 2.24) is 19.9 Å². The lowest BCUT2D eigenvalue weighted by Gasteiger charge is -2.38. The molecule has 25 heavy (non-hydrogen) atoms. The number of nitrogens with zero attached hydrogens (tertiary/aromatic N) is 6. The van der Waals surface area contributed by atoms with Gasteiger partial charge < -0.3 is 9.80 Å². The fourth-order valence-corrected chi connectivity index (χ4v) is 3.39. The molecule has 7 heteroatoms. The highest BCUT2D eigenvalue weighted by Crippen LogP contribution is 2.22. The minimum absolute atomic E-state index is 0.453. The lowest BCUT2D eigenvalue weighted by Crippen LogP contribution is -2.46. The zero-order valence-corrected chi connectivity index (χ0v) is 16.6. The van der Waals surface area contributed by atoms with E-state index in [4.69, 9.17) is 0 Å². The second-order valence-corrected chi connectivity index (χ2v) is 7.63. The molecule has 6 nitrogen and oxygen atoms in total. The summed E-state index contributed by atoms with van der Waals surface area (Å²) >= 11 is 3.44. The average Bonchev–Trinajstić information content (AvgIpc) is 2.63. The molecule has 0 bridgehead atoms. The van der Waals surface area contributed by atoms with E-state index in [0.717, 1.165) is 41.6 Å². The molecule has 1 fully saturated rings.